The number of fused-ring (bicyclic) bond motifs is 1. The molecule has 20 heavy (non-hydrogen) atoms. The Morgan fingerprint density at radius 1 is 1.15 bits per heavy atom. The summed E-state index contributed by atoms with van der Waals surface area (Å²) in [7, 11) is 3.23. The first-order chi connectivity index (χ1) is 9.49. The van der Waals surface area contributed by atoms with Crippen molar-refractivity contribution in [1.29, 1.82) is 0 Å². The molecule has 1 saturated heterocycles. The normalized spacial score (nSPS) is 15.7. The van der Waals surface area contributed by atoms with E-state index in [2.05, 4.69) is 15.3 Å². The zero-order valence-corrected chi connectivity index (χ0v) is 11.1. The maximum absolute atomic E-state index is 11.9. The first-order valence-electron chi connectivity index (χ1n) is 6.16. The highest BCUT2D eigenvalue weighted by Crippen LogP contribution is 2.17. The molecular formula is C11H14N6O3. The second kappa shape index (κ2) is 4.22. The van der Waals surface area contributed by atoms with Crippen LogP contribution in [-0.2, 0) is 18.9 Å². The molecular weight excluding hydrogens is 264 g/mol. The first kappa shape index (κ1) is 12.5. The number of aromatic amines is 1. The smallest absolute Gasteiger partial charge is 0.329 e. The second-order valence-corrected chi connectivity index (χ2v) is 4.73. The van der Waals surface area contributed by atoms with Crippen molar-refractivity contribution in [3.63, 3.8) is 0 Å². The van der Waals surface area contributed by atoms with Gasteiger partial charge in [0, 0.05) is 27.2 Å². The zero-order chi connectivity index (χ0) is 14.4. The van der Waals surface area contributed by atoms with Crippen molar-refractivity contribution < 1.29 is 4.79 Å². The number of aromatic nitrogens is 4. The van der Waals surface area contributed by atoms with Gasteiger partial charge in [0.25, 0.3) is 5.56 Å². The third-order valence-electron chi connectivity index (χ3n) is 3.43. The molecule has 3 rings (SSSR count). The number of imidazole rings is 1. The minimum atomic E-state index is -0.511. The molecule has 2 N–H and O–H groups in total. The highest BCUT2D eigenvalue weighted by atomic mass is 16.2. The van der Waals surface area contributed by atoms with Crippen LogP contribution in [0.25, 0.3) is 11.2 Å². The van der Waals surface area contributed by atoms with Crippen LogP contribution in [0, 0.1) is 0 Å². The molecule has 9 nitrogen and oxygen atoms in total. The van der Waals surface area contributed by atoms with Crippen LogP contribution in [0.1, 0.15) is 0 Å². The number of amides is 1. The summed E-state index contributed by atoms with van der Waals surface area (Å²) in [6.07, 6.45) is 0. The maximum Gasteiger partial charge on any atom is 0.329 e. The Balaban J connectivity index is 2.23. The van der Waals surface area contributed by atoms with Gasteiger partial charge in [0.05, 0.1) is 6.54 Å². The van der Waals surface area contributed by atoms with Gasteiger partial charge < -0.3 is 14.8 Å². The van der Waals surface area contributed by atoms with Crippen LogP contribution in [-0.4, -0.2) is 44.6 Å². The van der Waals surface area contributed by atoms with Crippen molar-refractivity contribution in [2.24, 2.45) is 14.1 Å². The van der Waals surface area contributed by atoms with Crippen molar-refractivity contribution in [2.45, 2.75) is 0 Å². The highest BCUT2D eigenvalue weighted by molar-refractivity contribution is 5.83. The minimum absolute atomic E-state index is 0.0916. The van der Waals surface area contributed by atoms with Gasteiger partial charge in [-0.2, -0.15) is 4.98 Å². The minimum Gasteiger partial charge on any atom is -0.353 e. The Bertz CT molecular complexity index is 814. The van der Waals surface area contributed by atoms with Gasteiger partial charge >= 0.3 is 5.69 Å². The second-order valence-electron chi connectivity index (χ2n) is 4.73. The summed E-state index contributed by atoms with van der Waals surface area (Å²) in [5.74, 6) is 0.410. The summed E-state index contributed by atoms with van der Waals surface area (Å²) in [6.45, 7) is 1.31. The lowest BCUT2D eigenvalue weighted by molar-refractivity contribution is -0.120. The zero-order valence-electron chi connectivity index (χ0n) is 11.1. The van der Waals surface area contributed by atoms with Gasteiger partial charge in [-0.15, -0.1) is 0 Å². The summed E-state index contributed by atoms with van der Waals surface area (Å²) in [5.41, 5.74) is -0.371. The van der Waals surface area contributed by atoms with Gasteiger partial charge in [0.1, 0.15) is 0 Å². The predicted molar refractivity (Wildman–Crippen MR) is 71.8 cm³/mol. The molecule has 1 fully saturated rings. The number of H-pyrrole nitrogens is 1. The molecule has 1 aliphatic heterocycles. The van der Waals surface area contributed by atoms with E-state index in [1.165, 1.54) is 4.57 Å². The molecule has 106 valence electrons. The molecule has 1 aliphatic rings. The monoisotopic (exact) mass is 278 g/mol. The summed E-state index contributed by atoms with van der Waals surface area (Å²) in [5, 5.41) is 2.73. The molecule has 0 radical (unpaired) electrons. The molecule has 0 atom stereocenters. The Morgan fingerprint density at radius 3 is 2.60 bits per heavy atom. The Labute approximate surface area is 112 Å². The number of carbonyl (C=O) groups excluding carboxylic acids is 1. The van der Waals surface area contributed by atoms with Crippen LogP contribution >= 0.6 is 0 Å². The summed E-state index contributed by atoms with van der Waals surface area (Å²) in [4.78, 5) is 43.3. The van der Waals surface area contributed by atoms with Crippen molar-refractivity contribution in [3.05, 3.63) is 20.8 Å². The highest BCUT2D eigenvalue weighted by Gasteiger charge is 2.23. The van der Waals surface area contributed by atoms with E-state index in [1.807, 2.05) is 0 Å². The van der Waals surface area contributed by atoms with Crippen LogP contribution in [0.4, 0.5) is 5.95 Å². The van der Waals surface area contributed by atoms with Gasteiger partial charge in [0.15, 0.2) is 11.2 Å². The molecule has 3 heterocycles. The van der Waals surface area contributed by atoms with Gasteiger partial charge in [-0.1, -0.05) is 0 Å². The third kappa shape index (κ3) is 1.70. The molecule has 0 unspecified atom stereocenters. The molecule has 2 aromatic heterocycles. The van der Waals surface area contributed by atoms with E-state index in [-0.39, 0.29) is 12.5 Å². The number of aryl methyl sites for hydroxylation is 2. The van der Waals surface area contributed by atoms with Gasteiger partial charge in [-0.3, -0.25) is 19.1 Å². The predicted octanol–water partition coefficient (Wildman–Crippen LogP) is -2.10. The van der Waals surface area contributed by atoms with Crippen LogP contribution < -0.4 is 21.5 Å². The fourth-order valence-electron chi connectivity index (χ4n) is 2.39. The fraction of sp³-hybridized carbons (Fsp3) is 0.455. The van der Waals surface area contributed by atoms with Crippen LogP contribution in [0.3, 0.4) is 0 Å². The number of hydrogen-bond acceptors (Lipinski definition) is 5. The van der Waals surface area contributed by atoms with Crippen molar-refractivity contribution in [3.8, 4) is 0 Å². The number of nitrogens with zero attached hydrogens (tertiary/aromatic N) is 4. The van der Waals surface area contributed by atoms with E-state index >= 15 is 0 Å². The van der Waals surface area contributed by atoms with Gasteiger partial charge in [0.2, 0.25) is 11.9 Å². The van der Waals surface area contributed by atoms with Gasteiger partial charge in [-0.05, 0) is 0 Å². The third-order valence-corrected chi connectivity index (χ3v) is 3.43. The van der Waals surface area contributed by atoms with E-state index in [9.17, 15) is 14.4 Å². The molecule has 0 saturated carbocycles. The fourth-order valence-corrected chi connectivity index (χ4v) is 2.39. The van der Waals surface area contributed by atoms with E-state index < -0.39 is 11.2 Å². The average Bonchev–Trinajstić information content (AvgIpc) is 2.74. The topological polar surface area (TPSA) is 105 Å². The van der Waals surface area contributed by atoms with E-state index in [4.69, 9.17) is 0 Å². The van der Waals surface area contributed by atoms with Crippen molar-refractivity contribution in [1.82, 2.24) is 24.4 Å². The molecule has 2 aromatic rings. The van der Waals surface area contributed by atoms with Gasteiger partial charge in [-0.25, -0.2) is 4.79 Å². The Kier molecular flexibility index (Phi) is 2.63. The summed E-state index contributed by atoms with van der Waals surface area (Å²) < 4.78 is 2.89. The number of piperazine rings is 1. The molecule has 9 heteroatoms. The van der Waals surface area contributed by atoms with E-state index in [0.29, 0.717) is 30.2 Å². The molecule has 0 bridgehead atoms. The lowest BCUT2D eigenvalue weighted by Crippen LogP contribution is -2.48. The molecule has 0 aromatic carbocycles. The van der Waals surface area contributed by atoms with Crippen LogP contribution in [0.15, 0.2) is 9.59 Å². The van der Waals surface area contributed by atoms with Crippen molar-refractivity contribution >= 4 is 23.0 Å². The lowest BCUT2D eigenvalue weighted by Gasteiger charge is -2.27. The largest absolute Gasteiger partial charge is 0.353 e. The average molecular weight is 278 g/mol. The SMILES string of the molecule is Cn1c(N2CCNC(=O)C2)nc2c1c(=O)[nH]c(=O)n2C. The first-order valence-corrected chi connectivity index (χ1v) is 6.16. The molecule has 0 aliphatic carbocycles. The number of hydrogen-bond donors (Lipinski definition) is 2. The maximum atomic E-state index is 11.9. The number of rotatable bonds is 1. The Morgan fingerprint density at radius 2 is 1.90 bits per heavy atom. The van der Waals surface area contributed by atoms with E-state index in [1.54, 1.807) is 23.6 Å². The quantitative estimate of drug-likeness (QED) is 0.621. The molecule has 1 amide bonds. The molecule has 0 spiro atoms. The van der Waals surface area contributed by atoms with Crippen LogP contribution in [0.5, 0.6) is 0 Å². The summed E-state index contributed by atoms with van der Waals surface area (Å²) in [6, 6.07) is 0. The lowest BCUT2D eigenvalue weighted by atomic mass is 10.4. The Hall–Kier alpha value is -2.58. The van der Waals surface area contributed by atoms with E-state index in [0.717, 1.165) is 0 Å². The van der Waals surface area contributed by atoms with Crippen LogP contribution in [0.2, 0.25) is 0 Å². The summed E-state index contributed by atoms with van der Waals surface area (Å²) >= 11 is 0. The standard InChI is InChI=1S/C11H14N6O3/c1-15-7-8(16(2)11(20)14-9(7)19)13-10(15)17-4-3-12-6(18)5-17/h3-5H2,1-2H3,(H,12,18)(H,14,19,20). The van der Waals surface area contributed by atoms with Crippen molar-refractivity contribution in [2.75, 3.05) is 24.5 Å². The number of carbonyl (C=O) groups is 1. The number of nitrogens with one attached hydrogen (secondary N) is 2. The number of anilines is 1.